The number of benzene rings is 1. The van der Waals surface area contributed by atoms with Gasteiger partial charge in [-0.2, -0.15) is 0 Å². The lowest BCUT2D eigenvalue weighted by molar-refractivity contribution is 0.531. The second-order valence-corrected chi connectivity index (χ2v) is 6.93. The van der Waals surface area contributed by atoms with Gasteiger partial charge in [0.25, 0.3) is 0 Å². The van der Waals surface area contributed by atoms with E-state index in [1.807, 2.05) is 31.2 Å². The molecule has 0 fully saturated rings. The molecule has 96 valence electrons. The Morgan fingerprint density at radius 3 is 2.71 bits per heavy atom. The maximum atomic E-state index is 12.4. The Morgan fingerprint density at radius 1 is 1.41 bits per heavy atom. The summed E-state index contributed by atoms with van der Waals surface area (Å²) < 4.78 is 13.3. The fraction of sp³-hybridized carbons (Fsp3) is 0.538. The van der Waals surface area contributed by atoms with Crippen LogP contribution in [-0.2, 0) is 10.8 Å². The summed E-state index contributed by atoms with van der Waals surface area (Å²) in [5.74, 6) is 0. The fourth-order valence-electron chi connectivity index (χ4n) is 1.53. The molecule has 0 saturated carbocycles. The van der Waals surface area contributed by atoms with Crippen LogP contribution in [0.1, 0.15) is 27.2 Å². The van der Waals surface area contributed by atoms with Gasteiger partial charge < -0.3 is 5.32 Å². The van der Waals surface area contributed by atoms with Gasteiger partial charge in [0.1, 0.15) is 0 Å². The third kappa shape index (κ3) is 4.53. The third-order valence-corrected chi connectivity index (χ3v) is 5.08. The summed E-state index contributed by atoms with van der Waals surface area (Å²) in [5, 5.41) is 3.50. The van der Waals surface area contributed by atoms with E-state index in [9.17, 15) is 4.21 Å². The molecule has 0 spiro atoms. The smallest absolute Gasteiger partial charge is 0.0574 e. The zero-order valence-corrected chi connectivity index (χ0v) is 13.0. The van der Waals surface area contributed by atoms with E-state index in [4.69, 9.17) is 0 Å². The Labute approximate surface area is 115 Å². The maximum Gasteiger partial charge on any atom is 0.0574 e. The van der Waals surface area contributed by atoms with Crippen molar-refractivity contribution in [1.82, 2.24) is 5.32 Å². The van der Waals surface area contributed by atoms with Crippen LogP contribution in [0.3, 0.4) is 0 Å². The predicted molar refractivity (Wildman–Crippen MR) is 77.8 cm³/mol. The van der Waals surface area contributed by atoms with Crippen molar-refractivity contribution >= 4 is 26.7 Å². The van der Waals surface area contributed by atoms with Crippen molar-refractivity contribution in [1.29, 1.82) is 0 Å². The Balaban J connectivity index is 2.69. The third-order valence-electron chi connectivity index (χ3n) is 2.79. The number of hydrogen-bond acceptors (Lipinski definition) is 2. The summed E-state index contributed by atoms with van der Waals surface area (Å²) in [6.07, 6.45) is 1.10. The average Bonchev–Trinajstić information content (AvgIpc) is 2.34. The first kappa shape index (κ1) is 14.9. The highest BCUT2D eigenvalue weighted by molar-refractivity contribution is 9.10. The van der Waals surface area contributed by atoms with Crippen LogP contribution in [0, 0.1) is 0 Å². The van der Waals surface area contributed by atoms with E-state index in [2.05, 4.69) is 35.1 Å². The summed E-state index contributed by atoms with van der Waals surface area (Å²) in [5.41, 5.74) is 0. The van der Waals surface area contributed by atoms with Crippen LogP contribution in [0.25, 0.3) is 0 Å². The zero-order chi connectivity index (χ0) is 12.8. The van der Waals surface area contributed by atoms with Gasteiger partial charge in [-0.1, -0.05) is 28.9 Å². The minimum Gasteiger partial charge on any atom is -0.313 e. The highest BCUT2D eigenvalue weighted by Crippen LogP contribution is 2.18. The van der Waals surface area contributed by atoms with Crippen LogP contribution in [0.4, 0.5) is 0 Å². The van der Waals surface area contributed by atoms with E-state index in [1.165, 1.54) is 0 Å². The first-order valence-corrected chi connectivity index (χ1v) is 7.96. The molecule has 1 aromatic carbocycles. The molecule has 3 unspecified atom stereocenters. The molecule has 17 heavy (non-hydrogen) atoms. The normalized spacial score (nSPS) is 16.5. The van der Waals surface area contributed by atoms with Crippen molar-refractivity contribution in [3.8, 4) is 0 Å². The van der Waals surface area contributed by atoms with Crippen molar-refractivity contribution in [2.75, 3.05) is 6.54 Å². The van der Waals surface area contributed by atoms with Gasteiger partial charge in [0, 0.05) is 15.4 Å². The molecule has 0 aromatic heterocycles. The number of nitrogens with one attached hydrogen (secondary N) is 1. The molecule has 0 heterocycles. The van der Waals surface area contributed by atoms with Crippen molar-refractivity contribution in [3.05, 3.63) is 28.7 Å². The molecule has 0 aliphatic carbocycles. The second-order valence-electron chi connectivity index (χ2n) is 4.20. The van der Waals surface area contributed by atoms with Crippen LogP contribution >= 0.6 is 15.9 Å². The topological polar surface area (TPSA) is 29.1 Å². The van der Waals surface area contributed by atoms with Crippen molar-refractivity contribution < 1.29 is 4.21 Å². The lowest BCUT2D eigenvalue weighted by Gasteiger charge is -2.20. The van der Waals surface area contributed by atoms with Gasteiger partial charge in [0.15, 0.2) is 0 Å². The summed E-state index contributed by atoms with van der Waals surface area (Å²) in [4.78, 5) is 0.886. The maximum absolute atomic E-state index is 12.4. The van der Waals surface area contributed by atoms with Crippen LogP contribution in [-0.4, -0.2) is 22.0 Å². The van der Waals surface area contributed by atoms with E-state index in [-0.39, 0.29) is 11.3 Å². The van der Waals surface area contributed by atoms with Crippen LogP contribution in [0.15, 0.2) is 33.6 Å². The summed E-state index contributed by atoms with van der Waals surface area (Å²) >= 11 is 3.41. The van der Waals surface area contributed by atoms with Crippen LogP contribution in [0.5, 0.6) is 0 Å². The van der Waals surface area contributed by atoms with Crippen molar-refractivity contribution in [2.45, 2.75) is 43.4 Å². The van der Waals surface area contributed by atoms with Gasteiger partial charge in [-0.15, -0.1) is 0 Å². The molecular formula is C13H20BrNOS. The molecule has 0 saturated heterocycles. The van der Waals surface area contributed by atoms with Gasteiger partial charge >= 0.3 is 0 Å². The standard InChI is InChI=1S/C13H20BrNOS/c1-4-8-15-10(2)11(3)17(16)13-7-5-6-12(14)9-13/h5-7,9-11,15H,4,8H2,1-3H3. The first-order chi connectivity index (χ1) is 8.06. The monoisotopic (exact) mass is 317 g/mol. The fourth-order valence-corrected chi connectivity index (χ4v) is 3.43. The van der Waals surface area contributed by atoms with E-state index in [1.54, 1.807) is 0 Å². The zero-order valence-electron chi connectivity index (χ0n) is 10.6. The summed E-state index contributed by atoms with van der Waals surface area (Å²) in [6, 6.07) is 7.98. The SMILES string of the molecule is CCCNC(C)C(C)S(=O)c1cccc(Br)c1. The van der Waals surface area contributed by atoms with Gasteiger partial charge in [-0.25, -0.2) is 0 Å². The first-order valence-electron chi connectivity index (χ1n) is 5.95. The lowest BCUT2D eigenvalue weighted by atomic mass is 10.2. The molecule has 3 atom stereocenters. The lowest BCUT2D eigenvalue weighted by Crippen LogP contribution is -2.38. The summed E-state index contributed by atoms with van der Waals surface area (Å²) in [7, 11) is -0.964. The predicted octanol–water partition coefficient (Wildman–Crippen LogP) is 3.33. The minimum absolute atomic E-state index is 0.107. The highest BCUT2D eigenvalue weighted by Gasteiger charge is 2.19. The molecule has 1 N–H and O–H groups in total. The van der Waals surface area contributed by atoms with E-state index >= 15 is 0 Å². The highest BCUT2D eigenvalue weighted by atomic mass is 79.9. The van der Waals surface area contributed by atoms with E-state index in [0.29, 0.717) is 0 Å². The van der Waals surface area contributed by atoms with Gasteiger partial charge in [-0.05, 0) is 45.0 Å². The van der Waals surface area contributed by atoms with Crippen molar-refractivity contribution in [3.63, 3.8) is 0 Å². The Morgan fingerprint density at radius 2 is 2.12 bits per heavy atom. The molecule has 2 nitrogen and oxygen atoms in total. The molecular weight excluding hydrogens is 298 g/mol. The largest absolute Gasteiger partial charge is 0.313 e. The number of hydrogen-bond donors (Lipinski definition) is 1. The van der Waals surface area contributed by atoms with Gasteiger partial charge in [-0.3, -0.25) is 4.21 Å². The van der Waals surface area contributed by atoms with Gasteiger partial charge in [0.05, 0.1) is 16.0 Å². The minimum atomic E-state index is -0.964. The molecule has 4 heteroatoms. The van der Waals surface area contributed by atoms with E-state index < -0.39 is 10.8 Å². The molecule has 1 aromatic rings. The molecule has 1 rings (SSSR count). The molecule has 0 aliphatic heterocycles. The molecule has 0 aliphatic rings. The van der Waals surface area contributed by atoms with Gasteiger partial charge in [0.2, 0.25) is 0 Å². The Hall–Kier alpha value is -0.190. The molecule has 0 radical (unpaired) electrons. The Bertz CT molecular complexity index is 383. The second kappa shape index (κ2) is 7.29. The summed E-state index contributed by atoms with van der Waals surface area (Å²) in [6.45, 7) is 7.23. The number of halogens is 1. The van der Waals surface area contributed by atoms with Crippen LogP contribution in [0.2, 0.25) is 0 Å². The molecule has 0 amide bonds. The molecule has 0 bridgehead atoms. The van der Waals surface area contributed by atoms with E-state index in [0.717, 1.165) is 22.3 Å². The number of rotatable bonds is 6. The Kier molecular flexibility index (Phi) is 6.38. The van der Waals surface area contributed by atoms with Crippen LogP contribution < -0.4 is 5.32 Å². The average molecular weight is 318 g/mol. The van der Waals surface area contributed by atoms with Crippen molar-refractivity contribution in [2.24, 2.45) is 0 Å². The quantitative estimate of drug-likeness (QED) is 0.872.